The summed E-state index contributed by atoms with van der Waals surface area (Å²) >= 11 is 0. The van der Waals surface area contributed by atoms with E-state index in [1.807, 2.05) is 6.20 Å². The predicted molar refractivity (Wildman–Crippen MR) is 47.9 cm³/mol. The van der Waals surface area contributed by atoms with Gasteiger partial charge in [-0.3, -0.25) is 0 Å². The van der Waals surface area contributed by atoms with Gasteiger partial charge in [0.15, 0.2) is 0 Å². The van der Waals surface area contributed by atoms with Gasteiger partial charge in [0.1, 0.15) is 5.82 Å². The molecule has 2 N–H and O–H groups in total. The Kier molecular flexibility index (Phi) is 1.89. The van der Waals surface area contributed by atoms with Gasteiger partial charge in [0.05, 0.1) is 0 Å². The van der Waals surface area contributed by atoms with Crippen LogP contribution < -0.4 is 5.73 Å². The summed E-state index contributed by atoms with van der Waals surface area (Å²) in [5, 5.41) is 0. The van der Waals surface area contributed by atoms with E-state index in [9.17, 15) is 0 Å². The van der Waals surface area contributed by atoms with E-state index in [1.54, 1.807) is 0 Å². The second-order valence-electron chi connectivity index (χ2n) is 3.43. The number of aryl methyl sites for hydroxylation is 2. The zero-order chi connectivity index (χ0) is 8.55. The first kappa shape index (κ1) is 7.80. The number of fused-ring (bicyclic) bond motifs is 1. The molecular weight excluding hydrogens is 150 g/mol. The molecule has 1 unspecified atom stereocenters. The lowest BCUT2D eigenvalue weighted by Crippen LogP contribution is -2.32. The van der Waals surface area contributed by atoms with Crippen LogP contribution >= 0.6 is 0 Å². The van der Waals surface area contributed by atoms with Gasteiger partial charge in [0.25, 0.3) is 0 Å². The fourth-order valence-corrected chi connectivity index (χ4v) is 1.82. The number of rotatable bonds is 1. The molecule has 12 heavy (non-hydrogen) atoms. The van der Waals surface area contributed by atoms with Crippen LogP contribution in [0.5, 0.6) is 0 Å². The van der Waals surface area contributed by atoms with E-state index in [1.165, 1.54) is 11.5 Å². The molecule has 3 nitrogen and oxygen atoms in total. The van der Waals surface area contributed by atoms with Crippen LogP contribution in [0.25, 0.3) is 0 Å². The lowest BCUT2D eigenvalue weighted by molar-refractivity contribution is 0.450. The van der Waals surface area contributed by atoms with Crippen LogP contribution in [0.4, 0.5) is 0 Å². The normalized spacial score (nSPS) is 22.3. The van der Waals surface area contributed by atoms with Gasteiger partial charge >= 0.3 is 0 Å². The Labute approximate surface area is 72.6 Å². The quantitative estimate of drug-likeness (QED) is 0.666. The van der Waals surface area contributed by atoms with E-state index < -0.39 is 0 Å². The first-order chi connectivity index (χ1) is 5.81. The van der Waals surface area contributed by atoms with E-state index in [-0.39, 0.29) is 0 Å². The van der Waals surface area contributed by atoms with Crippen LogP contribution in [0.3, 0.4) is 0 Å². The Morgan fingerprint density at radius 2 is 2.58 bits per heavy atom. The Morgan fingerprint density at radius 1 is 1.75 bits per heavy atom. The Bertz CT molecular complexity index is 264. The van der Waals surface area contributed by atoms with Crippen molar-refractivity contribution in [2.75, 3.05) is 0 Å². The maximum atomic E-state index is 5.88. The lowest BCUT2D eigenvalue weighted by atomic mass is 10.1. The fraction of sp³-hybridized carbons (Fsp3) is 0.667. The minimum absolute atomic E-state index is 0.331. The second-order valence-corrected chi connectivity index (χ2v) is 3.43. The van der Waals surface area contributed by atoms with Crippen molar-refractivity contribution in [1.82, 2.24) is 9.55 Å². The number of imidazole rings is 1. The van der Waals surface area contributed by atoms with Crippen molar-refractivity contribution in [1.29, 1.82) is 0 Å². The molecule has 0 radical (unpaired) electrons. The highest BCUT2D eigenvalue weighted by molar-refractivity contribution is 5.09. The van der Waals surface area contributed by atoms with Crippen molar-refractivity contribution >= 4 is 0 Å². The first-order valence-corrected chi connectivity index (χ1v) is 4.60. The molecule has 0 bridgehead atoms. The minimum atomic E-state index is 0.331. The zero-order valence-electron chi connectivity index (χ0n) is 7.45. The Balaban J connectivity index is 2.34. The molecule has 1 aromatic rings. The molecule has 1 aliphatic heterocycles. The molecule has 0 saturated carbocycles. The van der Waals surface area contributed by atoms with Crippen LogP contribution in [-0.4, -0.2) is 15.6 Å². The predicted octanol–water partition coefficient (Wildman–Crippen LogP) is 0.719. The van der Waals surface area contributed by atoms with Crippen molar-refractivity contribution in [2.45, 2.75) is 38.8 Å². The second kappa shape index (κ2) is 2.90. The summed E-state index contributed by atoms with van der Waals surface area (Å²) in [5.41, 5.74) is 7.24. The van der Waals surface area contributed by atoms with E-state index >= 15 is 0 Å². The summed E-state index contributed by atoms with van der Waals surface area (Å²) < 4.78 is 2.27. The molecule has 0 aromatic carbocycles. The van der Waals surface area contributed by atoms with Gasteiger partial charge in [-0.2, -0.15) is 0 Å². The Hall–Kier alpha value is -0.830. The molecule has 1 aliphatic rings. The SMILES string of the molecule is CCc1ncc2n1CC(N)CC2. The highest BCUT2D eigenvalue weighted by Gasteiger charge is 2.17. The molecule has 66 valence electrons. The van der Waals surface area contributed by atoms with Crippen molar-refractivity contribution < 1.29 is 0 Å². The lowest BCUT2D eigenvalue weighted by Gasteiger charge is -2.21. The van der Waals surface area contributed by atoms with Crippen LogP contribution in [0.15, 0.2) is 6.20 Å². The molecule has 0 aliphatic carbocycles. The largest absolute Gasteiger partial charge is 0.331 e. The number of hydrogen-bond acceptors (Lipinski definition) is 2. The van der Waals surface area contributed by atoms with Crippen LogP contribution in [0.1, 0.15) is 24.9 Å². The third kappa shape index (κ3) is 1.14. The molecule has 3 heteroatoms. The highest BCUT2D eigenvalue weighted by atomic mass is 15.1. The minimum Gasteiger partial charge on any atom is -0.331 e. The van der Waals surface area contributed by atoms with Crippen molar-refractivity contribution in [3.05, 3.63) is 17.7 Å². The molecule has 1 atom stereocenters. The number of aromatic nitrogens is 2. The van der Waals surface area contributed by atoms with Crippen LogP contribution in [0.2, 0.25) is 0 Å². The van der Waals surface area contributed by atoms with Gasteiger partial charge in [0, 0.05) is 30.9 Å². The smallest absolute Gasteiger partial charge is 0.108 e. The molecule has 1 aromatic heterocycles. The summed E-state index contributed by atoms with van der Waals surface area (Å²) in [6.07, 6.45) is 5.19. The van der Waals surface area contributed by atoms with E-state index in [0.717, 1.165) is 25.8 Å². The van der Waals surface area contributed by atoms with Crippen molar-refractivity contribution in [3.8, 4) is 0 Å². The number of nitrogens with two attached hydrogens (primary N) is 1. The molecule has 2 rings (SSSR count). The summed E-state index contributed by atoms with van der Waals surface area (Å²) in [5.74, 6) is 1.18. The highest BCUT2D eigenvalue weighted by Crippen LogP contribution is 2.15. The topological polar surface area (TPSA) is 43.8 Å². The van der Waals surface area contributed by atoms with E-state index in [4.69, 9.17) is 5.73 Å². The average Bonchev–Trinajstić information content (AvgIpc) is 2.46. The van der Waals surface area contributed by atoms with Gasteiger partial charge in [-0.05, 0) is 12.8 Å². The average molecular weight is 165 g/mol. The van der Waals surface area contributed by atoms with E-state index in [2.05, 4.69) is 16.5 Å². The third-order valence-electron chi connectivity index (χ3n) is 2.53. The van der Waals surface area contributed by atoms with Gasteiger partial charge < -0.3 is 10.3 Å². The number of hydrogen-bond donors (Lipinski definition) is 1. The monoisotopic (exact) mass is 165 g/mol. The molecule has 0 saturated heterocycles. The van der Waals surface area contributed by atoms with Gasteiger partial charge in [-0.15, -0.1) is 0 Å². The number of nitrogens with zero attached hydrogens (tertiary/aromatic N) is 2. The summed E-state index contributed by atoms with van der Waals surface area (Å²) in [4.78, 5) is 4.36. The van der Waals surface area contributed by atoms with E-state index in [0.29, 0.717) is 6.04 Å². The molecular formula is C9H15N3. The first-order valence-electron chi connectivity index (χ1n) is 4.60. The van der Waals surface area contributed by atoms with Crippen molar-refractivity contribution in [3.63, 3.8) is 0 Å². The van der Waals surface area contributed by atoms with Crippen LogP contribution in [0, 0.1) is 0 Å². The summed E-state index contributed by atoms with van der Waals surface area (Å²) in [7, 11) is 0. The third-order valence-corrected chi connectivity index (χ3v) is 2.53. The summed E-state index contributed by atoms with van der Waals surface area (Å²) in [6, 6.07) is 0.331. The summed E-state index contributed by atoms with van der Waals surface area (Å²) in [6.45, 7) is 3.09. The van der Waals surface area contributed by atoms with Crippen LogP contribution in [-0.2, 0) is 19.4 Å². The fourth-order valence-electron chi connectivity index (χ4n) is 1.82. The molecule has 0 amide bonds. The van der Waals surface area contributed by atoms with Gasteiger partial charge in [-0.25, -0.2) is 4.98 Å². The maximum absolute atomic E-state index is 5.88. The Morgan fingerprint density at radius 3 is 3.33 bits per heavy atom. The maximum Gasteiger partial charge on any atom is 0.108 e. The van der Waals surface area contributed by atoms with Gasteiger partial charge in [-0.1, -0.05) is 6.92 Å². The zero-order valence-corrected chi connectivity index (χ0v) is 7.45. The van der Waals surface area contributed by atoms with Gasteiger partial charge in [0.2, 0.25) is 0 Å². The molecule has 0 fully saturated rings. The molecule has 2 heterocycles. The molecule has 0 spiro atoms. The standard InChI is InChI=1S/C9H15N3/c1-2-9-11-5-8-4-3-7(10)6-12(8)9/h5,7H,2-4,6,10H2,1H3. The van der Waals surface area contributed by atoms with Crippen molar-refractivity contribution in [2.24, 2.45) is 5.73 Å².